The van der Waals surface area contributed by atoms with Gasteiger partial charge in [-0.25, -0.2) is 0 Å². The van der Waals surface area contributed by atoms with Gasteiger partial charge in [0.25, 0.3) is 0 Å². The molecule has 110 valence electrons. The number of amides is 1. The summed E-state index contributed by atoms with van der Waals surface area (Å²) >= 11 is 0. The monoisotopic (exact) mass is 276 g/mol. The highest BCUT2D eigenvalue weighted by molar-refractivity contribution is 5.76. The molecule has 1 amide bonds. The lowest BCUT2D eigenvalue weighted by Gasteiger charge is -2.37. The highest BCUT2D eigenvalue weighted by Gasteiger charge is 2.36. The zero-order valence-electron chi connectivity index (χ0n) is 12.2. The molecular formula is C16H24N2O2. The van der Waals surface area contributed by atoms with Gasteiger partial charge in [0.1, 0.15) is 5.76 Å². The van der Waals surface area contributed by atoms with Crippen molar-refractivity contribution < 1.29 is 9.21 Å². The fourth-order valence-electron chi connectivity index (χ4n) is 3.75. The lowest BCUT2D eigenvalue weighted by Crippen LogP contribution is -2.50. The Labute approximate surface area is 120 Å². The highest BCUT2D eigenvalue weighted by Crippen LogP contribution is 2.30. The molecule has 2 fully saturated rings. The number of fused-ring (bicyclic) bond motifs is 2. The van der Waals surface area contributed by atoms with Crippen molar-refractivity contribution in [3.63, 3.8) is 0 Å². The van der Waals surface area contributed by atoms with E-state index in [9.17, 15) is 4.79 Å². The van der Waals surface area contributed by atoms with Gasteiger partial charge in [0.05, 0.1) is 6.26 Å². The van der Waals surface area contributed by atoms with Gasteiger partial charge in [-0.1, -0.05) is 0 Å². The molecule has 0 radical (unpaired) electrons. The number of nitrogens with one attached hydrogen (secondary N) is 1. The molecule has 2 aliphatic heterocycles. The largest absolute Gasteiger partial charge is 0.469 e. The zero-order chi connectivity index (χ0) is 13.9. The maximum atomic E-state index is 12.5. The molecule has 0 saturated carbocycles. The minimum atomic E-state index is 0.273. The smallest absolute Gasteiger partial charge is 0.223 e. The lowest BCUT2D eigenvalue weighted by molar-refractivity contribution is -0.134. The number of furan rings is 1. The van der Waals surface area contributed by atoms with Gasteiger partial charge in [-0.2, -0.15) is 0 Å². The Morgan fingerprint density at radius 3 is 2.75 bits per heavy atom. The van der Waals surface area contributed by atoms with E-state index in [0.717, 1.165) is 25.1 Å². The summed E-state index contributed by atoms with van der Waals surface area (Å²) in [5.41, 5.74) is 0. The van der Waals surface area contributed by atoms with Gasteiger partial charge in [0, 0.05) is 37.5 Å². The molecule has 2 bridgehead atoms. The van der Waals surface area contributed by atoms with Gasteiger partial charge in [0.2, 0.25) is 5.91 Å². The van der Waals surface area contributed by atoms with E-state index in [1.807, 2.05) is 12.1 Å². The van der Waals surface area contributed by atoms with Crippen LogP contribution in [0.1, 0.15) is 44.8 Å². The first kappa shape index (κ1) is 13.7. The van der Waals surface area contributed by atoms with E-state index in [0.29, 0.717) is 31.0 Å². The molecule has 0 aliphatic carbocycles. The summed E-state index contributed by atoms with van der Waals surface area (Å²) in [6.07, 6.45) is 7.73. The molecule has 2 aliphatic rings. The Hall–Kier alpha value is -1.29. The molecule has 2 atom stereocenters. The van der Waals surface area contributed by atoms with Crippen molar-refractivity contribution in [1.29, 1.82) is 0 Å². The predicted molar refractivity (Wildman–Crippen MR) is 77.4 cm³/mol. The average molecular weight is 276 g/mol. The number of aryl methyl sites for hydroxylation is 1. The van der Waals surface area contributed by atoms with E-state index in [-0.39, 0.29) is 5.91 Å². The fraction of sp³-hybridized carbons (Fsp3) is 0.688. The Morgan fingerprint density at radius 1 is 1.40 bits per heavy atom. The van der Waals surface area contributed by atoms with Gasteiger partial charge >= 0.3 is 0 Å². The molecule has 1 aromatic heterocycles. The molecule has 4 heteroatoms. The molecule has 3 rings (SSSR count). The standard InChI is InChI=1S/C16H24N2O2/c1-2-18(14-10-12-5-6-13(11-14)17-12)16(19)8-7-15-4-3-9-20-15/h3-4,9,12-14,17H,2,5-8,10-11H2,1H3. The van der Waals surface area contributed by atoms with Gasteiger partial charge < -0.3 is 14.6 Å². The number of hydrogen-bond acceptors (Lipinski definition) is 3. The minimum absolute atomic E-state index is 0.273. The van der Waals surface area contributed by atoms with Crippen LogP contribution in [0.15, 0.2) is 22.8 Å². The van der Waals surface area contributed by atoms with Gasteiger partial charge in [0.15, 0.2) is 0 Å². The van der Waals surface area contributed by atoms with Crippen LogP contribution in [-0.4, -0.2) is 35.5 Å². The summed E-state index contributed by atoms with van der Waals surface area (Å²) in [6.45, 7) is 2.91. The Morgan fingerprint density at radius 2 is 2.15 bits per heavy atom. The van der Waals surface area contributed by atoms with E-state index in [1.54, 1.807) is 6.26 Å². The van der Waals surface area contributed by atoms with Crippen LogP contribution >= 0.6 is 0 Å². The van der Waals surface area contributed by atoms with E-state index in [2.05, 4.69) is 17.1 Å². The second-order valence-electron chi connectivity index (χ2n) is 6.02. The second kappa shape index (κ2) is 6.00. The molecule has 1 aromatic rings. The normalized spacial score (nSPS) is 28.6. The third kappa shape index (κ3) is 2.90. The van der Waals surface area contributed by atoms with Crippen LogP contribution in [0.4, 0.5) is 0 Å². The molecule has 2 unspecified atom stereocenters. The van der Waals surface area contributed by atoms with E-state index in [4.69, 9.17) is 4.42 Å². The fourth-order valence-corrected chi connectivity index (χ4v) is 3.75. The first-order valence-electron chi connectivity index (χ1n) is 7.84. The molecule has 1 N–H and O–H groups in total. The van der Waals surface area contributed by atoms with Crippen molar-refractivity contribution in [3.8, 4) is 0 Å². The lowest BCUT2D eigenvalue weighted by atomic mass is 9.97. The Bertz CT molecular complexity index is 431. The van der Waals surface area contributed by atoms with Crippen molar-refractivity contribution >= 4 is 5.91 Å². The summed E-state index contributed by atoms with van der Waals surface area (Å²) < 4.78 is 5.31. The van der Waals surface area contributed by atoms with Gasteiger partial charge in [-0.15, -0.1) is 0 Å². The summed E-state index contributed by atoms with van der Waals surface area (Å²) in [4.78, 5) is 14.6. The van der Waals surface area contributed by atoms with Crippen LogP contribution in [0.5, 0.6) is 0 Å². The number of piperidine rings is 1. The van der Waals surface area contributed by atoms with Crippen molar-refractivity contribution in [2.45, 2.75) is 63.6 Å². The first-order valence-corrected chi connectivity index (χ1v) is 7.84. The molecule has 0 spiro atoms. The van der Waals surface area contributed by atoms with E-state index in [1.165, 1.54) is 12.8 Å². The van der Waals surface area contributed by atoms with Crippen molar-refractivity contribution in [2.75, 3.05) is 6.54 Å². The number of hydrogen-bond donors (Lipinski definition) is 1. The second-order valence-corrected chi connectivity index (χ2v) is 6.02. The molecule has 2 saturated heterocycles. The van der Waals surface area contributed by atoms with Crippen molar-refractivity contribution in [2.24, 2.45) is 0 Å². The zero-order valence-corrected chi connectivity index (χ0v) is 12.2. The number of carbonyl (C=O) groups is 1. The van der Waals surface area contributed by atoms with Gasteiger partial charge in [-0.3, -0.25) is 4.79 Å². The van der Waals surface area contributed by atoms with Crippen molar-refractivity contribution in [1.82, 2.24) is 10.2 Å². The van der Waals surface area contributed by atoms with E-state index >= 15 is 0 Å². The molecule has 20 heavy (non-hydrogen) atoms. The van der Waals surface area contributed by atoms with Gasteiger partial charge in [-0.05, 0) is 44.7 Å². The van der Waals surface area contributed by atoms with Crippen molar-refractivity contribution in [3.05, 3.63) is 24.2 Å². The Kier molecular flexibility index (Phi) is 4.10. The van der Waals surface area contributed by atoms with Crippen LogP contribution in [-0.2, 0) is 11.2 Å². The summed E-state index contributed by atoms with van der Waals surface area (Å²) in [5.74, 6) is 1.18. The maximum Gasteiger partial charge on any atom is 0.223 e. The highest BCUT2D eigenvalue weighted by atomic mass is 16.3. The summed E-state index contributed by atoms with van der Waals surface area (Å²) in [5, 5.41) is 3.64. The quantitative estimate of drug-likeness (QED) is 0.898. The number of carbonyl (C=O) groups excluding carboxylic acids is 1. The minimum Gasteiger partial charge on any atom is -0.469 e. The number of rotatable bonds is 5. The average Bonchev–Trinajstić information content (AvgIpc) is 3.07. The van der Waals surface area contributed by atoms with Crippen LogP contribution in [0.2, 0.25) is 0 Å². The van der Waals surface area contributed by atoms with Crippen LogP contribution in [0, 0.1) is 0 Å². The Balaban J connectivity index is 1.56. The molecular weight excluding hydrogens is 252 g/mol. The molecule has 0 aromatic carbocycles. The maximum absolute atomic E-state index is 12.5. The third-order valence-corrected chi connectivity index (χ3v) is 4.72. The van der Waals surface area contributed by atoms with Crippen LogP contribution in [0.3, 0.4) is 0 Å². The topological polar surface area (TPSA) is 45.5 Å². The SMILES string of the molecule is CCN(C(=O)CCc1ccco1)C1CC2CCC(C1)N2. The molecule has 4 nitrogen and oxygen atoms in total. The summed E-state index contributed by atoms with van der Waals surface area (Å²) in [7, 11) is 0. The van der Waals surface area contributed by atoms with Crippen LogP contribution in [0.25, 0.3) is 0 Å². The number of nitrogens with zero attached hydrogens (tertiary/aromatic N) is 1. The third-order valence-electron chi connectivity index (χ3n) is 4.72. The first-order chi connectivity index (χ1) is 9.76. The summed E-state index contributed by atoms with van der Waals surface area (Å²) in [6, 6.07) is 5.51. The molecule has 3 heterocycles. The predicted octanol–water partition coefficient (Wildman–Crippen LogP) is 2.34. The van der Waals surface area contributed by atoms with Crippen LogP contribution < -0.4 is 5.32 Å². The van der Waals surface area contributed by atoms with E-state index < -0.39 is 0 Å².